The summed E-state index contributed by atoms with van der Waals surface area (Å²) in [4.78, 5) is 0. The van der Waals surface area contributed by atoms with Crippen molar-refractivity contribution in [2.75, 3.05) is 24.6 Å². The zero-order valence-electron chi connectivity index (χ0n) is 25.5. The van der Waals surface area contributed by atoms with Crippen molar-refractivity contribution in [3.63, 3.8) is 0 Å². The van der Waals surface area contributed by atoms with Gasteiger partial charge in [-0.2, -0.15) is 0 Å². The van der Waals surface area contributed by atoms with Crippen LogP contribution in [0.15, 0.2) is 0 Å². The molecule has 0 radical (unpaired) electrons. The third-order valence-corrected chi connectivity index (χ3v) is 13.9. The Bertz CT molecular complexity index is 334. The number of hydrogen-bond acceptors (Lipinski definition) is 0. The van der Waals surface area contributed by atoms with Gasteiger partial charge in [-0.05, 0) is 0 Å². The second kappa shape index (κ2) is 36.3. The maximum Gasteiger partial charge on any atom is -0.147 e. The van der Waals surface area contributed by atoms with Gasteiger partial charge in [0.15, 0.2) is 0 Å². The summed E-state index contributed by atoms with van der Waals surface area (Å²) in [6.45, 7) is 9.42. The molecule has 0 fully saturated rings. The van der Waals surface area contributed by atoms with Crippen LogP contribution in [0.2, 0.25) is 0 Å². The molecule has 0 saturated carbocycles. The van der Waals surface area contributed by atoms with Gasteiger partial charge in [-0.3, -0.25) is 0 Å². The number of rotatable bonds is 28. The first-order valence-electron chi connectivity index (χ1n) is 16.2. The van der Waals surface area contributed by atoms with E-state index in [2.05, 4.69) is 27.7 Å². The summed E-state index contributed by atoms with van der Waals surface area (Å²) >= 11 is 0. The first-order valence-corrected chi connectivity index (χ1v) is 19.1. The molecule has 0 aromatic rings. The van der Waals surface area contributed by atoms with Crippen molar-refractivity contribution in [1.29, 1.82) is 0 Å². The third-order valence-electron chi connectivity index (χ3n) is 8.24. The first kappa shape index (κ1) is 44.3. The largest absolute Gasteiger partial charge is 0.147 e. The molecule has 36 heavy (non-hydrogen) atoms. The molecule has 0 amide bonds. The SMILES string of the molecule is CCCCCCCCCCCCCC[PH](CCCCCC)(CCCCCC)CCCCCC.Cl.Cl.Cl. The van der Waals surface area contributed by atoms with E-state index >= 15 is 0 Å². The molecule has 4 heteroatoms. The van der Waals surface area contributed by atoms with Crippen LogP contribution >= 0.6 is 44.5 Å². The summed E-state index contributed by atoms with van der Waals surface area (Å²) in [5, 5.41) is 0. The van der Waals surface area contributed by atoms with Crippen LogP contribution in [0.5, 0.6) is 0 Å². The van der Waals surface area contributed by atoms with Gasteiger partial charge in [-0.15, -0.1) is 37.2 Å². The molecule has 0 atom stereocenters. The average Bonchev–Trinajstić information content (AvgIpc) is 2.83. The van der Waals surface area contributed by atoms with Gasteiger partial charge in [0.25, 0.3) is 0 Å². The summed E-state index contributed by atoms with van der Waals surface area (Å²) in [5.74, 6) is 0. The molecule has 0 saturated heterocycles. The van der Waals surface area contributed by atoms with E-state index < -0.39 is 7.26 Å². The minimum atomic E-state index is -1.04. The topological polar surface area (TPSA) is 0 Å². The normalized spacial score (nSPS) is 11.4. The molecule has 226 valence electrons. The van der Waals surface area contributed by atoms with Crippen LogP contribution in [0, 0.1) is 0 Å². The van der Waals surface area contributed by atoms with Gasteiger partial charge in [0.1, 0.15) is 0 Å². The Labute approximate surface area is 250 Å². The Morgan fingerprint density at radius 1 is 0.250 bits per heavy atom. The van der Waals surface area contributed by atoms with E-state index in [1.54, 1.807) is 50.3 Å². The van der Waals surface area contributed by atoms with E-state index in [4.69, 9.17) is 0 Å². The van der Waals surface area contributed by atoms with Crippen LogP contribution in [0.25, 0.3) is 0 Å². The molecule has 0 aromatic carbocycles. The molecule has 0 unspecified atom stereocenters. The molecular weight excluding hydrogens is 522 g/mol. The van der Waals surface area contributed by atoms with Gasteiger partial charge in [0, 0.05) is 0 Å². The molecule has 0 N–H and O–H groups in total. The minimum Gasteiger partial charge on any atom is -0.147 e. The van der Waals surface area contributed by atoms with Crippen LogP contribution in [0.4, 0.5) is 0 Å². The summed E-state index contributed by atoms with van der Waals surface area (Å²) in [6, 6.07) is 0. The molecule has 0 aliphatic carbocycles. The molecule has 0 aliphatic rings. The Hall–Kier alpha value is 1.30. The van der Waals surface area contributed by atoms with E-state index in [1.165, 1.54) is 128 Å². The summed E-state index contributed by atoms with van der Waals surface area (Å²) in [5.41, 5.74) is 0. The van der Waals surface area contributed by atoms with Gasteiger partial charge in [0.2, 0.25) is 0 Å². The smallest absolute Gasteiger partial charge is 0.147 e. The Morgan fingerprint density at radius 3 is 0.639 bits per heavy atom. The van der Waals surface area contributed by atoms with Gasteiger partial charge in [-0.25, -0.2) is 0 Å². The van der Waals surface area contributed by atoms with Crippen molar-refractivity contribution in [2.24, 2.45) is 0 Å². The monoisotopic (exact) mass is 592 g/mol. The fraction of sp³-hybridized carbons (Fsp3) is 1.00. The Kier molecular flexibility index (Phi) is 44.7. The zero-order chi connectivity index (χ0) is 24.3. The number of unbranched alkanes of at least 4 members (excludes halogenated alkanes) is 20. The maximum atomic E-state index is 2.37. The van der Waals surface area contributed by atoms with Gasteiger partial charge < -0.3 is 0 Å². The Morgan fingerprint density at radius 2 is 0.417 bits per heavy atom. The first-order chi connectivity index (χ1) is 16.2. The summed E-state index contributed by atoms with van der Waals surface area (Å²) in [7, 11) is -1.04. The second-order valence-corrected chi connectivity index (χ2v) is 16.6. The Balaban J connectivity index is -0.00000171. The quantitative estimate of drug-likeness (QED) is 0.0625. The minimum absolute atomic E-state index is 0. The van der Waals surface area contributed by atoms with E-state index in [1.807, 2.05) is 0 Å². The summed E-state index contributed by atoms with van der Waals surface area (Å²) < 4.78 is 0. The van der Waals surface area contributed by atoms with Crippen LogP contribution in [0.1, 0.15) is 182 Å². The second-order valence-electron chi connectivity index (χ2n) is 11.6. The molecule has 0 aromatic heterocycles. The van der Waals surface area contributed by atoms with E-state index in [-0.39, 0.29) is 37.2 Å². The van der Waals surface area contributed by atoms with Crippen molar-refractivity contribution >= 4 is 44.5 Å². The zero-order valence-corrected chi connectivity index (χ0v) is 29.0. The van der Waals surface area contributed by atoms with E-state index in [0.29, 0.717) is 0 Å². The van der Waals surface area contributed by atoms with Gasteiger partial charge in [0.05, 0.1) is 0 Å². The van der Waals surface area contributed by atoms with E-state index in [9.17, 15) is 0 Å². The fourth-order valence-electron chi connectivity index (χ4n) is 5.87. The van der Waals surface area contributed by atoms with Crippen LogP contribution in [0.3, 0.4) is 0 Å². The van der Waals surface area contributed by atoms with Crippen LogP contribution < -0.4 is 0 Å². The molecule has 0 nitrogen and oxygen atoms in total. The maximum absolute atomic E-state index is 2.37. The third kappa shape index (κ3) is 29.9. The standard InChI is InChI=1S/C32H69P.3ClH/c1-5-9-13-17-18-19-20-21-22-23-24-28-32-33(29-25-14-10-6-2,30-26-15-11-7-3)31-27-16-12-8-4;;;/h33H,5-32H2,1-4H3;3*1H. The molecular formula is C32H72Cl3P. The predicted octanol–water partition coefficient (Wildman–Crippen LogP) is 13.4. The molecule has 0 spiro atoms. The van der Waals surface area contributed by atoms with Crippen molar-refractivity contribution < 1.29 is 0 Å². The molecule has 0 aliphatic heterocycles. The van der Waals surface area contributed by atoms with Crippen LogP contribution in [-0.4, -0.2) is 24.6 Å². The number of hydrogen-bond donors (Lipinski definition) is 0. The van der Waals surface area contributed by atoms with Crippen molar-refractivity contribution in [1.82, 2.24) is 0 Å². The number of halogens is 3. The predicted molar refractivity (Wildman–Crippen MR) is 183 cm³/mol. The fourth-order valence-corrected chi connectivity index (χ4v) is 11.4. The van der Waals surface area contributed by atoms with E-state index in [0.717, 1.165) is 0 Å². The van der Waals surface area contributed by atoms with Crippen molar-refractivity contribution in [3.8, 4) is 0 Å². The van der Waals surface area contributed by atoms with Crippen molar-refractivity contribution in [2.45, 2.75) is 182 Å². The molecule has 0 heterocycles. The molecule has 0 bridgehead atoms. The molecule has 0 rings (SSSR count). The van der Waals surface area contributed by atoms with Crippen molar-refractivity contribution in [3.05, 3.63) is 0 Å². The van der Waals surface area contributed by atoms with Gasteiger partial charge in [-0.1, -0.05) is 13.3 Å². The average molecular weight is 594 g/mol. The van der Waals surface area contributed by atoms with Gasteiger partial charge >= 0.3 is 200 Å². The summed E-state index contributed by atoms with van der Waals surface area (Å²) in [6.07, 6.45) is 42.3. The van der Waals surface area contributed by atoms with Crippen LogP contribution in [-0.2, 0) is 0 Å².